The van der Waals surface area contributed by atoms with Gasteiger partial charge in [-0.15, -0.1) is 0 Å². The van der Waals surface area contributed by atoms with E-state index >= 15 is 0 Å². The van der Waals surface area contributed by atoms with Crippen molar-refractivity contribution < 1.29 is 13.9 Å². The summed E-state index contributed by atoms with van der Waals surface area (Å²) >= 11 is 3.18. The van der Waals surface area contributed by atoms with Gasteiger partial charge in [-0.05, 0) is 43.3 Å². The highest BCUT2D eigenvalue weighted by Gasteiger charge is 2.14. The Labute approximate surface area is 146 Å². The molecule has 4 nitrogen and oxygen atoms in total. The van der Waals surface area contributed by atoms with Gasteiger partial charge in [0.1, 0.15) is 11.6 Å². The maximum Gasteiger partial charge on any atom is 0.257 e. The number of aromatic nitrogens is 1. The van der Waals surface area contributed by atoms with Crippen LogP contribution in [0.3, 0.4) is 0 Å². The van der Waals surface area contributed by atoms with Crippen LogP contribution < -0.4 is 10.1 Å². The third-order valence-electron chi connectivity index (χ3n) is 3.64. The van der Waals surface area contributed by atoms with Gasteiger partial charge >= 0.3 is 0 Å². The Hall–Kier alpha value is -2.47. The van der Waals surface area contributed by atoms with Crippen LogP contribution >= 0.6 is 15.9 Å². The molecule has 6 heteroatoms. The second-order valence-electron chi connectivity index (χ2n) is 5.26. The molecule has 0 aliphatic carbocycles. The van der Waals surface area contributed by atoms with Crippen LogP contribution in [0.25, 0.3) is 10.9 Å². The van der Waals surface area contributed by atoms with Crippen molar-refractivity contribution in [2.75, 3.05) is 12.4 Å². The molecule has 1 heterocycles. The first kappa shape index (κ1) is 16.4. The summed E-state index contributed by atoms with van der Waals surface area (Å²) in [6.45, 7) is 1.74. The number of benzene rings is 2. The third kappa shape index (κ3) is 3.23. The minimum atomic E-state index is -0.506. The lowest BCUT2D eigenvalue weighted by molar-refractivity contribution is 0.102. The van der Waals surface area contributed by atoms with Crippen LogP contribution in [0.4, 0.5) is 10.1 Å². The molecule has 0 aliphatic heterocycles. The van der Waals surface area contributed by atoms with E-state index in [9.17, 15) is 9.18 Å². The molecule has 0 unspecified atom stereocenters. The molecule has 0 atom stereocenters. The minimum absolute atomic E-state index is 0.123. The van der Waals surface area contributed by atoms with Crippen LogP contribution in [0.1, 0.15) is 16.1 Å². The van der Waals surface area contributed by atoms with Crippen LogP contribution in [-0.2, 0) is 0 Å². The molecular weight excluding hydrogens is 375 g/mol. The van der Waals surface area contributed by atoms with Crippen LogP contribution in [0.5, 0.6) is 5.75 Å². The highest BCUT2D eigenvalue weighted by molar-refractivity contribution is 9.10. The first-order valence-electron chi connectivity index (χ1n) is 7.20. The number of methoxy groups -OCH3 is 1. The van der Waals surface area contributed by atoms with E-state index in [2.05, 4.69) is 26.2 Å². The molecule has 0 saturated heterocycles. The summed E-state index contributed by atoms with van der Waals surface area (Å²) in [5, 5.41) is 3.39. The van der Waals surface area contributed by atoms with Crippen LogP contribution in [0.2, 0.25) is 0 Å². The van der Waals surface area contributed by atoms with Gasteiger partial charge in [-0.1, -0.05) is 15.9 Å². The number of aryl methyl sites for hydroxylation is 1. The fraction of sp³-hybridized carbons (Fsp3) is 0.111. The summed E-state index contributed by atoms with van der Waals surface area (Å²) in [5.74, 6) is -0.212. The number of fused-ring (bicyclic) bond motifs is 1. The Morgan fingerprint density at radius 1 is 1.21 bits per heavy atom. The van der Waals surface area contributed by atoms with E-state index in [1.807, 2.05) is 6.07 Å². The van der Waals surface area contributed by atoms with Crippen molar-refractivity contribution in [2.45, 2.75) is 6.92 Å². The van der Waals surface area contributed by atoms with Gasteiger partial charge < -0.3 is 10.1 Å². The maximum atomic E-state index is 13.9. The topological polar surface area (TPSA) is 51.2 Å². The van der Waals surface area contributed by atoms with Crippen molar-refractivity contribution in [3.05, 3.63) is 64.0 Å². The third-order valence-corrected chi connectivity index (χ3v) is 4.13. The first-order chi connectivity index (χ1) is 11.5. The van der Waals surface area contributed by atoms with Crippen molar-refractivity contribution in [3.63, 3.8) is 0 Å². The Morgan fingerprint density at radius 2 is 2.00 bits per heavy atom. The van der Waals surface area contributed by atoms with Gasteiger partial charge in [0.05, 0.1) is 29.6 Å². The van der Waals surface area contributed by atoms with Crippen LogP contribution in [0, 0.1) is 12.7 Å². The van der Waals surface area contributed by atoms with Gasteiger partial charge in [-0.3, -0.25) is 9.78 Å². The van der Waals surface area contributed by atoms with E-state index in [1.165, 1.54) is 12.1 Å². The molecule has 0 fully saturated rings. The molecule has 3 aromatic rings. The van der Waals surface area contributed by atoms with Crippen LogP contribution in [0.15, 0.2) is 46.9 Å². The van der Waals surface area contributed by atoms with Crippen molar-refractivity contribution >= 4 is 38.4 Å². The van der Waals surface area contributed by atoms with Gasteiger partial charge in [0.2, 0.25) is 0 Å². The van der Waals surface area contributed by atoms with E-state index < -0.39 is 11.7 Å². The van der Waals surface area contributed by atoms with Gasteiger partial charge in [-0.25, -0.2) is 4.39 Å². The fourth-order valence-electron chi connectivity index (χ4n) is 2.38. The molecule has 122 valence electrons. The minimum Gasteiger partial charge on any atom is -0.497 e. The van der Waals surface area contributed by atoms with E-state index in [1.54, 1.807) is 38.3 Å². The lowest BCUT2D eigenvalue weighted by Gasteiger charge is -2.10. The maximum absolute atomic E-state index is 13.9. The zero-order valence-electron chi connectivity index (χ0n) is 13.1. The summed E-state index contributed by atoms with van der Waals surface area (Å²) in [6, 6.07) is 11.6. The number of amides is 1. The summed E-state index contributed by atoms with van der Waals surface area (Å²) in [6.07, 6.45) is 0. The zero-order chi connectivity index (χ0) is 17.3. The molecule has 2 aromatic carbocycles. The summed E-state index contributed by atoms with van der Waals surface area (Å²) in [5.41, 5.74) is 1.82. The highest BCUT2D eigenvalue weighted by atomic mass is 79.9. The number of rotatable bonds is 3. The first-order valence-corrected chi connectivity index (χ1v) is 7.99. The Kier molecular flexibility index (Phi) is 4.49. The normalized spacial score (nSPS) is 10.7. The van der Waals surface area contributed by atoms with Crippen molar-refractivity contribution in [1.29, 1.82) is 0 Å². The molecule has 1 aromatic heterocycles. The monoisotopic (exact) mass is 388 g/mol. The number of hydrogen-bond donors (Lipinski definition) is 1. The molecule has 24 heavy (non-hydrogen) atoms. The van der Waals surface area contributed by atoms with E-state index in [-0.39, 0.29) is 5.69 Å². The Bertz CT molecular complexity index is 944. The smallest absolute Gasteiger partial charge is 0.257 e. The number of pyridine rings is 1. The summed E-state index contributed by atoms with van der Waals surface area (Å²) < 4.78 is 19.7. The lowest BCUT2D eigenvalue weighted by Crippen LogP contribution is -2.15. The number of anilines is 1. The van der Waals surface area contributed by atoms with Gasteiger partial charge in [0.15, 0.2) is 0 Å². The fourth-order valence-corrected chi connectivity index (χ4v) is 2.71. The van der Waals surface area contributed by atoms with E-state index in [0.717, 1.165) is 10.9 Å². The molecular formula is C18H14BrFN2O2. The van der Waals surface area contributed by atoms with Crippen molar-refractivity contribution in [1.82, 2.24) is 4.98 Å². The average molecular weight is 389 g/mol. The molecule has 0 spiro atoms. The predicted molar refractivity (Wildman–Crippen MR) is 95.1 cm³/mol. The molecule has 0 saturated carbocycles. The number of halogens is 2. The molecule has 1 amide bonds. The summed E-state index contributed by atoms with van der Waals surface area (Å²) in [7, 11) is 1.59. The number of carbonyl (C=O) groups is 1. The van der Waals surface area contributed by atoms with E-state index in [0.29, 0.717) is 21.5 Å². The van der Waals surface area contributed by atoms with E-state index in [4.69, 9.17) is 4.74 Å². The number of carbonyl (C=O) groups excluding carboxylic acids is 1. The molecule has 0 radical (unpaired) electrons. The SMILES string of the molecule is COc1ccc2cc(C(=O)Nc3ccc(Br)cc3F)c(C)nc2c1. The molecule has 1 N–H and O–H groups in total. The number of nitrogens with zero attached hydrogens (tertiary/aromatic N) is 1. The van der Waals surface area contributed by atoms with Crippen LogP contribution in [-0.4, -0.2) is 18.0 Å². The molecule has 0 aliphatic rings. The second-order valence-corrected chi connectivity index (χ2v) is 6.17. The lowest BCUT2D eigenvalue weighted by atomic mass is 10.1. The predicted octanol–water partition coefficient (Wildman–Crippen LogP) is 4.71. The second kappa shape index (κ2) is 6.57. The highest BCUT2D eigenvalue weighted by Crippen LogP contribution is 2.24. The largest absolute Gasteiger partial charge is 0.497 e. The summed E-state index contributed by atoms with van der Waals surface area (Å²) in [4.78, 5) is 16.9. The number of ether oxygens (including phenoxy) is 1. The standard InChI is InChI=1S/C18H14BrFN2O2/c1-10-14(7-11-3-5-13(24-2)9-17(11)21-10)18(23)22-16-6-4-12(19)8-15(16)20/h3-9H,1-2H3,(H,22,23). The zero-order valence-corrected chi connectivity index (χ0v) is 14.6. The average Bonchev–Trinajstić information content (AvgIpc) is 2.56. The molecule has 3 rings (SSSR count). The quantitative estimate of drug-likeness (QED) is 0.706. The van der Waals surface area contributed by atoms with Crippen molar-refractivity contribution in [2.24, 2.45) is 0 Å². The molecule has 0 bridgehead atoms. The number of nitrogens with one attached hydrogen (secondary N) is 1. The Morgan fingerprint density at radius 3 is 2.71 bits per heavy atom. The Balaban J connectivity index is 1.96. The van der Waals surface area contributed by atoms with Gasteiger partial charge in [0.25, 0.3) is 5.91 Å². The number of hydrogen-bond acceptors (Lipinski definition) is 3. The van der Waals surface area contributed by atoms with Gasteiger partial charge in [0, 0.05) is 15.9 Å². The van der Waals surface area contributed by atoms with Crippen molar-refractivity contribution in [3.8, 4) is 5.75 Å². The van der Waals surface area contributed by atoms with Gasteiger partial charge in [-0.2, -0.15) is 0 Å².